The maximum Gasteiger partial charge on any atom is 0.269 e. The average molecular weight is 379 g/mol. The lowest BCUT2D eigenvalue weighted by atomic mass is 9.99. The Morgan fingerprint density at radius 2 is 1.71 bits per heavy atom. The molecular weight excluding hydrogens is 362 g/mol. The fourth-order valence-corrected chi connectivity index (χ4v) is 3.42. The van der Waals surface area contributed by atoms with Gasteiger partial charge in [-0.1, -0.05) is 0 Å². The molecule has 0 spiro atoms. The van der Waals surface area contributed by atoms with E-state index in [-0.39, 0.29) is 23.9 Å². The van der Waals surface area contributed by atoms with E-state index >= 15 is 0 Å². The molecule has 2 aliphatic heterocycles. The molecule has 2 aromatic rings. The molecule has 0 aliphatic carbocycles. The molecule has 0 aromatic heterocycles. The summed E-state index contributed by atoms with van der Waals surface area (Å²) < 4.78 is 16.3. The Labute approximate surface area is 161 Å². The van der Waals surface area contributed by atoms with Crippen molar-refractivity contribution >= 4 is 34.6 Å². The quantitative estimate of drug-likeness (QED) is 0.463. The summed E-state index contributed by atoms with van der Waals surface area (Å²) in [4.78, 5) is 38.2. The van der Waals surface area contributed by atoms with E-state index in [2.05, 4.69) is 0 Å². The number of Topliss-reactive ketones (excluding diaryl/α,β-unsaturated/α-hetero) is 1. The van der Waals surface area contributed by atoms with Crippen molar-refractivity contribution in [1.29, 1.82) is 0 Å². The van der Waals surface area contributed by atoms with Crippen LogP contribution in [0.25, 0.3) is 11.3 Å². The number of rotatable bonds is 3. The highest BCUT2D eigenvalue weighted by atomic mass is 16.7. The van der Waals surface area contributed by atoms with Gasteiger partial charge in [0.25, 0.3) is 5.91 Å². The lowest BCUT2D eigenvalue weighted by molar-refractivity contribution is -0.122. The molecule has 4 rings (SSSR count). The zero-order valence-corrected chi connectivity index (χ0v) is 15.6. The van der Waals surface area contributed by atoms with Crippen molar-refractivity contribution < 1.29 is 28.6 Å². The van der Waals surface area contributed by atoms with Gasteiger partial charge in [-0.2, -0.15) is 0 Å². The Kier molecular flexibility index (Phi) is 4.15. The van der Waals surface area contributed by atoms with E-state index in [1.54, 1.807) is 36.4 Å². The third-order valence-corrected chi connectivity index (χ3v) is 4.71. The third-order valence-electron chi connectivity index (χ3n) is 4.71. The predicted molar refractivity (Wildman–Crippen MR) is 101 cm³/mol. The Hall–Kier alpha value is -3.61. The van der Waals surface area contributed by atoms with E-state index in [4.69, 9.17) is 14.2 Å². The molecule has 0 N–H and O–H groups in total. The van der Waals surface area contributed by atoms with Crippen LogP contribution in [-0.2, 0) is 14.3 Å². The molecule has 2 heterocycles. The van der Waals surface area contributed by atoms with Crippen molar-refractivity contribution in [2.24, 2.45) is 0 Å². The zero-order chi connectivity index (χ0) is 20.0. The number of nitrogens with zero attached hydrogens (tertiary/aromatic N) is 1. The minimum atomic E-state index is -0.502. The van der Waals surface area contributed by atoms with Crippen molar-refractivity contribution in [1.82, 2.24) is 0 Å². The first-order valence-corrected chi connectivity index (χ1v) is 8.61. The molecule has 0 unspecified atom stereocenters. The molecule has 0 bridgehead atoms. The number of imide groups is 1. The van der Waals surface area contributed by atoms with Crippen molar-refractivity contribution in [3.05, 3.63) is 53.1 Å². The molecule has 7 nitrogen and oxygen atoms in total. The zero-order valence-electron chi connectivity index (χ0n) is 15.6. The Morgan fingerprint density at radius 3 is 2.39 bits per heavy atom. The molecule has 0 saturated carbocycles. The summed E-state index contributed by atoms with van der Waals surface area (Å²) in [6, 6.07) is 10.0. The van der Waals surface area contributed by atoms with Crippen LogP contribution in [0.5, 0.6) is 11.5 Å². The lowest BCUT2D eigenvalue weighted by Crippen LogP contribution is -2.31. The van der Waals surface area contributed by atoms with Gasteiger partial charge in [0.15, 0.2) is 17.3 Å². The van der Waals surface area contributed by atoms with Crippen LogP contribution in [0.2, 0.25) is 0 Å². The van der Waals surface area contributed by atoms with Gasteiger partial charge in [-0.3, -0.25) is 14.4 Å². The summed E-state index contributed by atoms with van der Waals surface area (Å²) in [5.74, 6) is 0.369. The van der Waals surface area contributed by atoms with Crippen LogP contribution in [-0.4, -0.2) is 31.5 Å². The number of carbonyl (C=O) groups excluding carboxylic acids is 3. The van der Waals surface area contributed by atoms with Gasteiger partial charge in [0.1, 0.15) is 5.76 Å². The molecule has 2 amide bonds. The van der Waals surface area contributed by atoms with Crippen LogP contribution in [0, 0.1) is 0 Å². The molecule has 142 valence electrons. The summed E-state index contributed by atoms with van der Waals surface area (Å²) in [7, 11) is 1.45. The number of hydrogen-bond acceptors (Lipinski definition) is 6. The summed E-state index contributed by atoms with van der Waals surface area (Å²) in [6.45, 7) is 2.88. The molecule has 2 aliphatic rings. The van der Waals surface area contributed by atoms with Gasteiger partial charge in [0.2, 0.25) is 12.7 Å². The summed E-state index contributed by atoms with van der Waals surface area (Å²) >= 11 is 0. The van der Waals surface area contributed by atoms with Gasteiger partial charge >= 0.3 is 0 Å². The molecule has 7 heteroatoms. The van der Waals surface area contributed by atoms with Crippen LogP contribution in [0.15, 0.2) is 36.4 Å². The maximum atomic E-state index is 13.1. The second-order valence-electron chi connectivity index (χ2n) is 6.42. The molecule has 2 aromatic carbocycles. The molecule has 0 saturated heterocycles. The SMILES string of the molecule is COC(=C1C(=O)N(C(C)=O)c2ccc(C(C)=O)cc21)c1ccc2c(c1)OCO2. The molecule has 28 heavy (non-hydrogen) atoms. The molecule has 0 radical (unpaired) electrons. The highest BCUT2D eigenvalue weighted by Crippen LogP contribution is 2.43. The number of hydrogen-bond donors (Lipinski definition) is 0. The first-order valence-electron chi connectivity index (χ1n) is 8.61. The van der Waals surface area contributed by atoms with E-state index < -0.39 is 11.8 Å². The van der Waals surface area contributed by atoms with E-state index in [0.717, 1.165) is 4.90 Å². The van der Waals surface area contributed by atoms with Crippen LogP contribution in [0.4, 0.5) is 5.69 Å². The van der Waals surface area contributed by atoms with Gasteiger partial charge in [-0.25, -0.2) is 4.90 Å². The van der Waals surface area contributed by atoms with Crippen molar-refractivity contribution in [2.75, 3.05) is 18.8 Å². The van der Waals surface area contributed by atoms with Gasteiger partial charge in [-0.05, 0) is 43.3 Å². The second-order valence-corrected chi connectivity index (χ2v) is 6.42. The predicted octanol–water partition coefficient (Wildman–Crippen LogP) is 3.03. The normalized spacial score (nSPS) is 16.1. The van der Waals surface area contributed by atoms with Gasteiger partial charge in [-0.15, -0.1) is 0 Å². The highest BCUT2D eigenvalue weighted by Gasteiger charge is 2.38. The van der Waals surface area contributed by atoms with Crippen molar-refractivity contribution in [3.8, 4) is 11.5 Å². The summed E-state index contributed by atoms with van der Waals surface area (Å²) in [6.07, 6.45) is 0. The van der Waals surface area contributed by atoms with Gasteiger partial charge in [0.05, 0.1) is 18.4 Å². The van der Waals surface area contributed by atoms with E-state index in [0.29, 0.717) is 33.9 Å². The Morgan fingerprint density at radius 1 is 1.00 bits per heavy atom. The fourth-order valence-electron chi connectivity index (χ4n) is 3.42. The van der Waals surface area contributed by atoms with E-state index in [1.165, 1.54) is 21.0 Å². The smallest absolute Gasteiger partial charge is 0.269 e. The first-order chi connectivity index (χ1) is 13.4. The lowest BCUT2D eigenvalue weighted by Gasteiger charge is -2.13. The maximum absolute atomic E-state index is 13.1. The summed E-state index contributed by atoms with van der Waals surface area (Å²) in [5, 5.41) is 0. The monoisotopic (exact) mass is 379 g/mol. The van der Waals surface area contributed by atoms with Crippen LogP contribution >= 0.6 is 0 Å². The number of ketones is 1. The molecular formula is C21H17NO6. The van der Waals surface area contributed by atoms with Crippen molar-refractivity contribution in [2.45, 2.75) is 13.8 Å². The number of carbonyl (C=O) groups is 3. The number of anilines is 1. The average Bonchev–Trinajstić information content (AvgIpc) is 3.24. The fraction of sp³-hybridized carbons (Fsp3) is 0.190. The molecule has 0 fully saturated rings. The minimum Gasteiger partial charge on any atom is -0.495 e. The van der Waals surface area contributed by atoms with Crippen LogP contribution in [0.3, 0.4) is 0 Å². The minimum absolute atomic E-state index is 0.125. The number of methoxy groups -OCH3 is 1. The van der Waals surface area contributed by atoms with Crippen LogP contribution in [0.1, 0.15) is 35.3 Å². The standard InChI is InChI=1S/C21H17NO6/c1-11(23)13-4-6-16-15(8-13)19(21(25)22(16)12(2)24)20(26-3)14-5-7-17-18(9-14)28-10-27-17/h4-9H,10H2,1-3H3. The van der Waals surface area contributed by atoms with Gasteiger partial charge in [0, 0.05) is 23.6 Å². The molecule has 0 atom stereocenters. The summed E-state index contributed by atoms with van der Waals surface area (Å²) in [5.41, 5.74) is 2.15. The number of fused-ring (bicyclic) bond motifs is 2. The number of ether oxygens (including phenoxy) is 3. The second kappa shape index (κ2) is 6.53. The number of benzene rings is 2. The first kappa shape index (κ1) is 17.8. The third kappa shape index (κ3) is 2.63. The van der Waals surface area contributed by atoms with E-state index in [9.17, 15) is 14.4 Å². The van der Waals surface area contributed by atoms with Crippen LogP contribution < -0.4 is 14.4 Å². The number of amides is 2. The largest absolute Gasteiger partial charge is 0.495 e. The highest BCUT2D eigenvalue weighted by molar-refractivity contribution is 6.43. The van der Waals surface area contributed by atoms with E-state index in [1.807, 2.05) is 0 Å². The Bertz CT molecular complexity index is 1070. The topological polar surface area (TPSA) is 82.1 Å². The Balaban J connectivity index is 1.96. The van der Waals surface area contributed by atoms with Gasteiger partial charge < -0.3 is 14.2 Å². The van der Waals surface area contributed by atoms with Crippen molar-refractivity contribution in [3.63, 3.8) is 0 Å².